The van der Waals surface area contributed by atoms with Crippen LogP contribution in [-0.2, 0) is 4.79 Å². The summed E-state index contributed by atoms with van der Waals surface area (Å²) in [5.41, 5.74) is 0. The highest BCUT2D eigenvalue weighted by Gasteiger charge is 2.09. The average molecular weight is 266 g/mol. The second kappa shape index (κ2) is 8.37. The lowest BCUT2D eigenvalue weighted by Gasteiger charge is -2.17. The predicted octanol–water partition coefficient (Wildman–Crippen LogP) is 1.19. The van der Waals surface area contributed by atoms with Gasteiger partial charge in [0.1, 0.15) is 6.10 Å². The molecule has 0 aromatic heterocycles. The second-order valence-electron chi connectivity index (χ2n) is 4.24. The van der Waals surface area contributed by atoms with Crippen molar-refractivity contribution in [3.63, 3.8) is 0 Å². The zero-order chi connectivity index (χ0) is 14.1. The summed E-state index contributed by atoms with van der Waals surface area (Å²) >= 11 is 0. The number of rotatable bonds is 8. The van der Waals surface area contributed by atoms with Crippen molar-refractivity contribution in [1.82, 2.24) is 10.6 Å². The number of para-hydroxylation sites is 2. The van der Waals surface area contributed by atoms with Crippen molar-refractivity contribution in [2.75, 3.05) is 27.2 Å². The second-order valence-corrected chi connectivity index (χ2v) is 4.24. The monoisotopic (exact) mass is 266 g/mol. The molecule has 0 fully saturated rings. The number of hydrogen-bond acceptors (Lipinski definition) is 4. The first kappa shape index (κ1) is 15.3. The first-order chi connectivity index (χ1) is 9.17. The molecule has 2 N–H and O–H groups in total. The minimum atomic E-state index is -0.116. The highest BCUT2D eigenvalue weighted by atomic mass is 16.5. The highest BCUT2D eigenvalue weighted by Crippen LogP contribution is 2.26. The minimum absolute atomic E-state index is 0.0184. The Balaban J connectivity index is 2.38. The molecule has 0 bridgehead atoms. The van der Waals surface area contributed by atoms with Gasteiger partial charge in [0.15, 0.2) is 11.5 Å². The molecule has 106 valence electrons. The number of ether oxygens (including phenoxy) is 2. The quantitative estimate of drug-likeness (QED) is 0.742. The van der Waals surface area contributed by atoms with E-state index >= 15 is 0 Å². The van der Waals surface area contributed by atoms with E-state index in [0.717, 1.165) is 0 Å². The van der Waals surface area contributed by atoms with Gasteiger partial charge >= 0.3 is 0 Å². The summed E-state index contributed by atoms with van der Waals surface area (Å²) in [6, 6.07) is 7.46. The van der Waals surface area contributed by atoms with Crippen LogP contribution in [0, 0.1) is 0 Å². The fraction of sp³-hybridized carbons (Fsp3) is 0.500. The van der Waals surface area contributed by atoms with E-state index in [1.807, 2.05) is 38.2 Å². The largest absolute Gasteiger partial charge is 0.493 e. The normalized spacial score (nSPS) is 11.7. The maximum absolute atomic E-state index is 11.5. The highest BCUT2D eigenvalue weighted by molar-refractivity contribution is 5.76. The van der Waals surface area contributed by atoms with Gasteiger partial charge in [0.2, 0.25) is 5.91 Å². The number of benzene rings is 1. The van der Waals surface area contributed by atoms with E-state index in [0.29, 0.717) is 31.0 Å². The van der Waals surface area contributed by atoms with E-state index in [2.05, 4.69) is 10.6 Å². The molecule has 0 heterocycles. The molecule has 0 aliphatic rings. The average Bonchev–Trinajstić information content (AvgIpc) is 2.43. The molecule has 0 aliphatic carbocycles. The summed E-state index contributed by atoms with van der Waals surface area (Å²) < 4.78 is 10.9. The first-order valence-corrected chi connectivity index (χ1v) is 6.38. The van der Waals surface area contributed by atoms with Gasteiger partial charge in [-0.3, -0.25) is 4.79 Å². The predicted molar refractivity (Wildman–Crippen MR) is 74.6 cm³/mol. The number of nitrogens with one attached hydrogen (secondary N) is 2. The van der Waals surface area contributed by atoms with Crippen molar-refractivity contribution in [3.8, 4) is 11.5 Å². The van der Waals surface area contributed by atoms with Crippen LogP contribution in [0.1, 0.15) is 13.3 Å². The van der Waals surface area contributed by atoms with Crippen molar-refractivity contribution >= 4 is 5.91 Å². The Morgan fingerprint density at radius 2 is 2.00 bits per heavy atom. The fourth-order valence-electron chi connectivity index (χ4n) is 1.56. The first-order valence-electron chi connectivity index (χ1n) is 6.38. The van der Waals surface area contributed by atoms with Gasteiger partial charge in [-0.2, -0.15) is 0 Å². The number of carbonyl (C=O) groups excluding carboxylic acids is 1. The Labute approximate surface area is 114 Å². The Kier molecular flexibility index (Phi) is 6.74. The zero-order valence-electron chi connectivity index (χ0n) is 11.7. The van der Waals surface area contributed by atoms with Crippen LogP contribution in [0.5, 0.6) is 11.5 Å². The van der Waals surface area contributed by atoms with Crippen LogP contribution in [0.3, 0.4) is 0 Å². The molecule has 0 aliphatic heterocycles. The summed E-state index contributed by atoms with van der Waals surface area (Å²) in [4.78, 5) is 11.5. The van der Waals surface area contributed by atoms with Crippen molar-refractivity contribution in [2.24, 2.45) is 0 Å². The summed E-state index contributed by atoms with van der Waals surface area (Å²) in [5, 5.41) is 5.76. The molecule has 5 heteroatoms. The third-order valence-electron chi connectivity index (χ3n) is 2.59. The zero-order valence-corrected chi connectivity index (χ0v) is 11.7. The molecule has 1 rings (SSSR count). The fourth-order valence-corrected chi connectivity index (χ4v) is 1.56. The van der Waals surface area contributed by atoms with Crippen LogP contribution < -0.4 is 20.1 Å². The summed E-state index contributed by atoms with van der Waals surface area (Å²) in [7, 11) is 3.42. The molecule has 0 radical (unpaired) electrons. The number of methoxy groups -OCH3 is 1. The molecule has 1 aromatic rings. The van der Waals surface area contributed by atoms with Gasteiger partial charge in [-0.1, -0.05) is 12.1 Å². The molecule has 19 heavy (non-hydrogen) atoms. The third kappa shape index (κ3) is 5.61. The lowest BCUT2D eigenvalue weighted by molar-refractivity contribution is -0.121. The molecule has 1 unspecified atom stereocenters. The molecule has 0 saturated carbocycles. The lowest BCUT2D eigenvalue weighted by atomic mass is 10.3. The number of carbonyl (C=O) groups is 1. The molecule has 1 aromatic carbocycles. The third-order valence-corrected chi connectivity index (χ3v) is 2.59. The molecule has 0 spiro atoms. The van der Waals surface area contributed by atoms with Gasteiger partial charge in [0.25, 0.3) is 0 Å². The van der Waals surface area contributed by atoms with Crippen LogP contribution in [0.2, 0.25) is 0 Å². The standard InChI is InChI=1S/C14H22N2O3/c1-11(10-16-14(17)8-9-15-2)19-13-7-5-4-6-12(13)18-3/h4-7,11,15H,8-10H2,1-3H3,(H,16,17). The molecule has 5 nitrogen and oxygen atoms in total. The van der Waals surface area contributed by atoms with Crippen LogP contribution in [0.25, 0.3) is 0 Å². The van der Waals surface area contributed by atoms with Crippen LogP contribution in [-0.4, -0.2) is 39.3 Å². The van der Waals surface area contributed by atoms with E-state index in [1.54, 1.807) is 7.11 Å². The summed E-state index contributed by atoms with van der Waals surface area (Å²) in [6.07, 6.45) is 0.354. The SMILES string of the molecule is CNCCC(=O)NCC(C)Oc1ccccc1OC. The topological polar surface area (TPSA) is 59.6 Å². The van der Waals surface area contributed by atoms with Crippen LogP contribution in [0.4, 0.5) is 0 Å². The number of amides is 1. The van der Waals surface area contributed by atoms with Gasteiger partial charge in [-0.05, 0) is 26.1 Å². The molecule has 1 amide bonds. The van der Waals surface area contributed by atoms with E-state index < -0.39 is 0 Å². The van der Waals surface area contributed by atoms with Crippen LogP contribution >= 0.6 is 0 Å². The summed E-state index contributed by atoms with van der Waals surface area (Å²) in [5.74, 6) is 1.39. The van der Waals surface area contributed by atoms with Gasteiger partial charge in [-0.15, -0.1) is 0 Å². The van der Waals surface area contributed by atoms with Gasteiger partial charge in [0.05, 0.1) is 13.7 Å². The summed E-state index contributed by atoms with van der Waals surface area (Å²) in [6.45, 7) is 3.05. The Hall–Kier alpha value is -1.75. The van der Waals surface area contributed by atoms with E-state index in [1.165, 1.54) is 0 Å². The number of hydrogen-bond donors (Lipinski definition) is 2. The molecular formula is C14H22N2O3. The Morgan fingerprint density at radius 3 is 2.63 bits per heavy atom. The van der Waals surface area contributed by atoms with Gasteiger partial charge in [0, 0.05) is 13.0 Å². The lowest BCUT2D eigenvalue weighted by Crippen LogP contribution is -2.34. The van der Waals surface area contributed by atoms with Crippen molar-refractivity contribution in [2.45, 2.75) is 19.4 Å². The van der Waals surface area contributed by atoms with Gasteiger partial charge < -0.3 is 20.1 Å². The van der Waals surface area contributed by atoms with Crippen LogP contribution in [0.15, 0.2) is 24.3 Å². The van der Waals surface area contributed by atoms with E-state index in [4.69, 9.17) is 9.47 Å². The Morgan fingerprint density at radius 1 is 1.32 bits per heavy atom. The Bertz CT molecular complexity index is 396. The smallest absolute Gasteiger partial charge is 0.221 e. The van der Waals surface area contributed by atoms with Crippen molar-refractivity contribution in [3.05, 3.63) is 24.3 Å². The van der Waals surface area contributed by atoms with Crippen molar-refractivity contribution < 1.29 is 14.3 Å². The maximum atomic E-state index is 11.5. The molecule has 1 atom stereocenters. The maximum Gasteiger partial charge on any atom is 0.221 e. The van der Waals surface area contributed by atoms with Crippen molar-refractivity contribution in [1.29, 1.82) is 0 Å². The van der Waals surface area contributed by atoms with E-state index in [-0.39, 0.29) is 12.0 Å². The van der Waals surface area contributed by atoms with Gasteiger partial charge in [-0.25, -0.2) is 0 Å². The minimum Gasteiger partial charge on any atom is -0.493 e. The molecular weight excluding hydrogens is 244 g/mol. The molecule has 0 saturated heterocycles. The van der Waals surface area contributed by atoms with E-state index in [9.17, 15) is 4.79 Å².